The summed E-state index contributed by atoms with van der Waals surface area (Å²) in [5.41, 5.74) is 4.00. The molecule has 1 saturated heterocycles. The Hall–Kier alpha value is -2.21. The lowest BCUT2D eigenvalue weighted by Crippen LogP contribution is -2.49. The summed E-state index contributed by atoms with van der Waals surface area (Å²) >= 11 is 1.57. The fourth-order valence-corrected chi connectivity index (χ4v) is 4.95. The molecule has 0 radical (unpaired) electrons. The number of nitrogens with zero attached hydrogens (tertiary/aromatic N) is 3. The van der Waals surface area contributed by atoms with E-state index in [0.717, 1.165) is 42.0 Å². The van der Waals surface area contributed by atoms with E-state index in [-0.39, 0.29) is 17.4 Å². The first kappa shape index (κ1) is 19.1. The van der Waals surface area contributed by atoms with Gasteiger partial charge in [-0.2, -0.15) is 11.8 Å². The molecule has 2 atom stereocenters. The number of amides is 1. The maximum atomic E-state index is 13.3. The van der Waals surface area contributed by atoms with Crippen molar-refractivity contribution in [3.63, 3.8) is 0 Å². The van der Waals surface area contributed by atoms with Crippen molar-refractivity contribution in [3.8, 4) is 11.1 Å². The van der Waals surface area contributed by atoms with Crippen LogP contribution in [0.3, 0.4) is 0 Å². The van der Waals surface area contributed by atoms with Crippen LogP contribution in [0.2, 0.25) is 0 Å². The maximum Gasteiger partial charge on any atom is 0.258 e. The van der Waals surface area contributed by atoms with Crippen LogP contribution in [0.15, 0.2) is 41.2 Å². The maximum absolute atomic E-state index is 13.3. The summed E-state index contributed by atoms with van der Waals surface area (Å²) in [6.07, 6.45) is 3.03. The number of hydrogen-bond acceptors (Lipinski definition) is 4. The van der Waals surface area contributed by atoms with Gasteiger partial charge in [0.15, 0.2) is 0 Å². The number of carbonyl (C=O) groups excluding carboxylic acids is 1. The van der Waals surface area contributed by atoms with Gasteiger partial charge in [0.25, 0.3) is 5.56 Å². The molecule has 28 heavy (non-hydrogen) atoms. The van der Waals surface area contributed by atoms with Gasteiger partial charge in [0.1, 0.15) is 0 Å². The average molecular weight is 398 g/mol. The van der Waals surface area contributed by atoms with E-state index in [9.17, 15) is 9.59 Å². The van der Waals surface area contributed by atoms with Crippen molar-refractivity contribution in [1.29, 1.82) is 0 Å². The number of anilines is 1. The molecule has 1 fully saturated rings. The summed E-state index contributed by atoms with van der Waals surface area (Å²) < 4.78 is 1.96. The van der Waals surface area contributed by atoms with Gasteiger partial charge in [-0.05, 0) is 48.4 Å². The molecule has 2 aromatic rings. The number of aromatic nitrogens is 1. The number of thioether (sulfide) groups is 1. The monoisotopic (exact) mass is 397 g/mol. The van der Waals surface area contributed by atoms with Gasteiger partial charge in [-0.15, -0.1) is 0 Å². The summed E-state index contributed by atoms with van der Waals surface area (Å²) in [4.78, 5) is 29.7. The molecule has 5 nitrogen and oxygen atoms in total. The van der Waals surface area contributed by atoms with E-state index in [1.165, 1.54) is 0 Å². The second kappa shape index (κ2) is 7.66. The van der Waals surface area contributed by atoms with E-state index in [1.807, 2.05) is 60.1 Å². The first-order valence-corrected chi connectivity index (χ1v) is 11.2. The number of likely N-dealkylation sites (tertiary alicyclic amines) is 1. The Kier molecular flexibility index (Phi) is 5.23. The number of hydrogen-bond donors (Lipinski definition) is 0. The SMILES string of the molecule is CSCC(=O)N1C[C@@H]2C[C@H](C1)c1ccc(-c3ccc(N(C)C)cc3)c(=O)n1C2. The topological polar surface area (TPSA) is 45.6 Å². The molecular formula is C22H27N3O2S. The van der Waals surface area contributed by atoms with Crippen LogP contribution in [-0.2, 0) is 11.3 Å². The Morgan fingerprint density at radius 2 is 1.86 bits per heavy atom. The largest absolute Gasteiger partial charge is 0.378 e. The van der Waals surface area contributed by atoms with Crippen LogP contribution in [0.1, 0.15) is 18.0 Å². The zero-order valence-electron chi connectivity index (χ0n) is 16.7. The second-order valence-corrected chi connectivity index (χ2v) is 8.93. The Balaban J connectivity index is 1.65. The van der Waals surface area contributed by atoms with Gasteiger partial charge in [0.05, 0.1) is 5.75 Å². The predicted molar refractivity (Wildman–Crippen MR) is 116 cm³/mol. The predicted octanol–water partition coefficient (Wildman–Crippen LogP) is 2.89. The van der Waals surface area contributed by atoms with E-state index >= 15 is 0 Å². The quantitative estimate of drug-likeness (QED) is 0.796. The molecule has 0 aliphatic carbocycles. The van der Waals surface area contributed by atoms with Gasteiger partial charge < -0.3 is 14.4 Å². The number of fused-ring (bicyclic) bond motifs is 4. The molecule has 0 spiro atoms. The zero-order valence-corrected chi connectivity index (χ0v) is 17.5. The fourth-order valence-electron chi connectivity index (χ4n) is 4.52. The molecule has 148 valence electrons. The van der Waals surface area contributed by atoms with Gasteiger partial charge in [0.2, 0.25) is 5.91 Å². The lowest BCUT2D eigenvalue weighted by Gasteiger charge is -2.43. The van der Waals surface area contributed by atoms with Crippen molar-refractivity contribution in [2.45, 2.75) is 18.9 Å². The van der Waals surface area contributed by atoms with Gasteiger partial charge in [-0.3, -0.25) is 9.59 Å². The van der Waals surface area contributed by atoms with E-state index in [4.69, 9.17) is 0 Å². The molecule has 4 rings (SSSR count). The number of piperidine rings is 1. The highest BCUT2D eigenvalue weighted by atomic mass is 32.2. The lowest BCUT2D eigenvalue weighted by molar-refractivity contribution is -0.131. The summed E-state index contributed by atoms with van der Waals surface area (Å²) in [5.74, 6) is 1.38. The Morgan fingerprint density at radius 3 is 2.54 bits per heavy atom. The molecule has 1 aromatic carbocycles. The molecule has 1 aromatic heterocycles. The molecule has 6 heteroatoms. The van der Waals surface area contributed by atoms with Gasteiger partial charge in [-0.1, -0.05) is 12.1 Å². The van der Waals surface area contributed by atoms with Crippen molar-refractivity contribution < 1.29 is 4.79 Å². The number of benzene rings is 1. The minimum atomic E-state index is 0.0914. The minimum Gasteiger partial charge on any atom is -0.378 e. The normalized spacial score (nSPS) is 20.6. The molecular weight excluding hydrogens is 370 g/mol. The molecule has 1 amide bonds. The Morgan fingerprint density at radius 1 is 1.11 bits per heavy atom. The van der Waals surface area contributed by atoms with Crippen LogP contribution >= 0.6 is 11.8 Å². The third kappa shape index (κ3) is 3.46. The van der Waals surface area contributed by atoms with E-state index in [0.29, 0.717) is 18.2 Å². The van der Waals surface area contributed by atoms with E-state index < -0.39 is 0 Å². The number of carbonyl (C=O) groups is 1. The number of rotatable bonds is 4. The average Bonchev–Trinajstić information content (AvgIpc) is 2.69. The highest BCUT2D eigenvalue weighted by molar-refractivity contribution is 7.99. The fraction of sp³-hybridized carbons (Fsp3) is 0.455. The molecule has 0 unspecified atom stereocenters. The molecule has 2 bridgehead atoms. The smallest absolute Gasteiger partial charge is 0.258 e. The highest BCUT2D eigenvalue weighted by Crippen LogP contribution is 2.36. The molecule has 0 N–H and O–H groups in total. The van der Waals surface area contributed by atoms with E-state index in [1.54, 1.807) is 11.8 Å². The van der Waals surface area contributed by atoms with Crippen molar-refractivity contribution >= 4 is 23.4 Å². The van der Waals surface area contributed by atoms with Crippen LogP contribution in [0.5, 0.6) is 0 Å². The number of pyridine rings is 1. The minimum absolute atomic E-state index is 0.0914. The van der Waals surface area contributed by atoms with Gasteiger partial charge in [-0.25, -0.2) is 0 Å². The first-order chi connectivity index (χ1) is 13.5. The van der Waals surface area contributed by atoms with Crippen molar-refractivity contribution in [1.82, 2.24) is 9.47 Å². The summed E-state index contributed by atoms with van der Waals surface area (Å²) in [6.45, 7) is 2.20. The summed E-state index contributed by atoms with van der Waals surface area (Å²) in [6, 6.07) is 12.2. The highest BCUT2D eigenvalue weighted by Gasteiger charge is 2.36. The van der Waals surface area contributed by atoms with Crippen LogP contribution in [0, 0.1) is 5.92 Å². The van der Waals surface area contributed by atoms with Crippen LogP contribution in [-0.4, -0.2) is 54.6 Å². The summed E-state index contributed by atoms with van der Waals surface area (Å²) in [5, 5.41) is 0. The Bertz CT molecular complexity index is 936. The van der Waals surface area contributed by atoms with Crippen LogP contribution < -0.4 is 10.5 Å². The van der Waals surface area contributed by atoms with Crippen LogP contribution in [0.25, 0.3) is 11.1 Å². The zero-order chi connectivity index (χ0) is 19.8. The third-order valence-electron chi connectivity index (χ3n) is 5.92. The summed E-state index contributed by atoms with van der Waals surface area (Å²) in [7, 11) is 4.02. The lowest BCUT2D eigenvalue weighted by atomic mass is 9.82. The molecule has 2 aliphatic heterocycles. The van der Waals surface area contributed by atoms with Crippen molar-refractivity contribution in [2.75, 3.05) is 44.1 Å². The third-order valence-corrected chi connectivity index (χ3v) is 6.46. The van der Waals surface area contributed by atoms with Crippen LogP contribution in [0.4, 0.5) is 5.69 Å². The van der Waals surface area contributed by atoms with Gasteiger partial charge in [0, 0.05) is 56.6 Å². The molecule has 2 aliphatic rings. The first-order valence-electron chi connectivity index (χ1n) is 9.76. The van der Waals surface area contributed by atoms with Crippen molar-refractivity contribution in [3.05, 3.63) is 52.4 Å². The second-order valence-electron chi connectivity index (χ2n) is 8.06. The standard InChI is InChI=1S/C22H27N3O2S/c1-23(2)18-6-4-16(5-7-18)19-8-9-20-17-10-15(12-25(20)22(19)27)11-24(13-17)21(26)14-28-3/h4-9,15,17H,10-14H2,1-3H3/t15-,17+/m0/s1. The van der Waals surface area contributed by atoms with Crippen molar-refractivity contribution in [2.24, 2.45) is 5.92 Å². The molecule has 0 saturated carbocycles. The Labute approximate surface area is 170 Å². The van der Waals surface area contributed by atoms with Gasteiger partial charge >= 0.3 is 0 Å². The van der Waals surface area contributed by atoms with E-state index in [2.05, 4.69) is 11.0 Å². The molecule has 3 heterocycles.